The van der Waals surface area contributed by atoms with Crippen LogP contribution >= 0.6 is 0 Å². The molecule has 0 heterocycles. The van der Waals surface area contributed by atoms with Crippen LogP contribution in [-0.4, -0.2) is 39.5 Å². The number of ether oxygens (including phenoxy) is 1. The van der Waals surface area contributed by atoms with Gasteiger partial charge < -0.3 is 25.5 Å². The molecule has 138 valence electrons. The van der Waals surface area contributed by atoms with E-state index in [4.69, 9.17) is 15.1 Å². The Balaban J connectivity index is 3.01. The quantitative estimate of drug-likeness (QED) is 0.419. The van der Waals surface area contributed by atoms with Gasteiger partial charge in [-0.15, -0.1) is 0 Å². The average molecular weight is 356 g/mol. The molecule has 0 saturated heterocycles. The second-order valence-electron chi connectivity index (χ2n) is 5.36. The molecule has 0 fully saturated rings. The number of carboxylic acids is 2. The molecule has 0 aliphatic carbocycles. The molecule has 5 N–H and O–H groups in total. The number of carbonyl (C=O) groups is 3. The van der Waals surface area contributed by atoms with Crippen LogP contribution in [0.3, 0.4) is 0 Å². The lowest BCUT2D eigenvalue weighted by Crippen LogP contribution is -2.99. The van der Waals surface area contributed by atoms with Crippen molar-refractivity contribution in [3.05, 3.63) is 35.0 Å². The summed E-state index contributed by atoms with van der Waals surface area (Å²) < 4.78 is 4.79. The van der Waals surface area contributed by atoms with E-state index in [2.05, 4.69) is 5.32 Å². The highest BCUT2D eigenvalue weighted by atomic mass is 16.8. The van der Waals surface area contributed by atoms with Gasteiger partial charge in [-0.25, -0.2) is 19.6 Å². The molecule has 25 heavy (non-hydrogen) atoms. The molecule has 10 heteroatoms. The van der Waals surface area contributed by atoms with Crippen LogP contribution in [0.15, 0.2) is 24.3 Å². The summed E-state index contributed by atoms with van der Waals surface area (Å²) in [7, 11) is 0. The Bertz CT molecular complexity index is 634. The molecule has 1 aromatic carbocycles. The molecule has 1 aromatic rings. The van der Waals surface area contributed by atoms with E-state index in [1.54, 1.807) is 13.8 Å². The Morgan fingerprint density at radius 3 is 2.32 bits per heavy atom. The van der Waals surface area contributed by atoms with E-state index in [0.717, 1.165) is 0 Å². The SMILES string of the molecule is CC[C@H](C)[C@H](NC(=O)OC(C(=O)O)c1ccccc1[NH+]([O-])O)C(=O)O. The van der Waals surface area contributed by atoms with Crippen LogP contribution < -0.4 is 10.5 Å². The lowest BCUT2D eigenvalue weighted by atomic mass is 10.00. The van der Waals surface area contributed by atoms with Gasteiger partial charge in [0, 0.05) is 6.07 Å². The van der Waals surface area contributed by atoms with Gasteiger partial charge in [0.05, 0.1) is 5.56 Å². The highest BCUT2D eigenvalue weighted by Gasteiger charge is 2.32. The number of quaternary nitrogens is 1. The molecule has 0 aliphatic heterocycles. The average Bonchev–Trinajstić information content (AvgIpc) is 2.56. The van der Waals surface area contributed by atoms with E-state index < -0.39 is 41.3 Å². The summed E-state index contributed by atoms with van der Waals surface area (Å²) in [5.74, 6) is -3.29. The van der Waals surface area contributed by atoms with E-state index in [1.165, 1.54) is 24.3 Å². The fraction of sp³-hybridized carbons (Fsp3) is 0.400. The molecular weight excluding hydrogens is 336 g/mol. The van der Waals surface area contributed by atoms with Crippen LogP contribution in [0, 0.1) is 11.1 Å². The maximum atomic E-state index is 11.9. The molecular formula is C15H20N2O8. The summed E-state index contributed by atoms with van der Waals surface area (Å²) in [6, 6.07) is 3.92. The molecule has 0 bridgehead atoms. The van der Waals surface area contributed by atoms with Crippen molar-refractivity contribution in [1.29, 1.82) is 0 Å². The first-order chi connectivity index (χ1) is 11.7. The number of para-hydroxylation sites is 1. The molecule has 10 nitrogen and oxygen atoms in total. The second-order valence-corrected chi connectivity index (χ2v) is 5.36. The summed E-state index contributed by atoms with van der Waals surface area (Å²) >= 11 is 0. The lowest BCUT2D eigenvalue weighted by molar-refractivity contribution is -0.991. The van der Waals surface area contributed by atoms with Gasteiger partial charge in [-0.2, -0.15) is 5.23 Å². The number of amides is 1. The van der Waals surface area contributed by atoms with Crippen molar-refractivity contribution in [2.75, 3.05) is 0 Å². The first-order valence-corrected chi connectivity index (χ1v) is 7.44. The molecule has 0 aliphatic rings. The summed E-state index contributed by atoms with van der Waals surface area (Å²) in [6.07, 6.45) is -2.69. The molecule has 0 spiro atoms. The third-order valence-corrected chi connectivity index (χ3v) is 3.68. The van der Waals surface area contributed by atoms with Crippen LogP contribution in [0.4, 0.5) is 10.5 Å². The number of carboxylic acid groups (broad SMARTS) is 2. The Kier molecular flexibility index (Phi) is 7.30. The zero-order valence-electron chi connectivity index (χ0n) is 13.6. The Morgan fingerprint density at radius 1 is 1.24 bits per heavy atom. The molecule has 0 radical (unpaired) electrons. The van der Waals surface area contributed by atoms with Crippen molar-refractivity contribution in [2.45, 2.75) is 32.4 Å². The third kappa shape index (κ3) is 5.41. The number of benzene rings is 1. The highest BCUT2D eigenvalue weighted by Crippen LogP contribution is 2.24. The summed E-state index contributed by atoms with van der Waals surface area (Å²) in [4.78, 5) is 34.5. The monoisotopic (exact) mass is 356 g/mol. The second kappa shape index (κ2) is 8.97. The number of hydrogen-bond acceptors (Lipinski definition) is 6. The number of hydrogen-bond donors (Lipinski definition) is 5. The van der Waals surface area contributed by atoms with E-state index >= 15 is 0 Å². The standard InChI is InChI=1S/C15H20N2O8/c1-3-8(2)11(13(18)19)16-15(22)25-12(14(20)21)9-6-4-5-7-10(9)17(23)24/h4-8,11-12,17,23H,3H2,1-2H3,(H,16,22)(H,18,19)(H,20,21)/t8-,11-,12?/m0/s1. The van der Waals surface area contributed by atoms with Gasteiger partial charge in [0.25, 0.3) is 0 Å². The number of carbonyl (C=O) groups excluding carboxylic acids is 1. The Morgan fingerprint density at radius 2 is 1.84 bits per heavy atom. The predicted octanol–water partition coefficient (Wildman–Crippen LogP) is 0.441. The van der Waals surface area contributed by atoms with E-state index in [0.29, 0.717) is 6.42 Å². The van der Waals surface area contributed by atoms with Crippen molar-refractivity contribution in [3.63, 3.8) is 0 Å². The minimum atomic E-state index is -1.89. The highest BCUT2D eigenvalue weighted by molar-refractivity contribution is 5.83. The van der Waals surface area contributed by atoms with Crippen LogP contribution in [-0.2, 0) is 14.3 Å². The minimum absolute atomic E-state index is 0.229. The number of alkyl carbamates (subject to hydrolysis) is 1. The fourth-order valence-electron chi connectivity index (χ4n) is 2.12. The van der Waals surface area contributed by atoms with E-state index in [1.807, 2.05) is 0 Å². The first kappa shape index (κ1) is 20.4. The third-order valence-electron chi connectivity index (χ3n) is 3.68. The lowest BCUT2D eigenvalue weighted by Gasteiger charge is -2.23. The van der Waals surface area contributed by atoms with E-state index in [-0.39, 0.29) is 11.3 Å². The Hall–Kier alpha value is -2.69. The summed E-state index contributed by atoms with van der Waals surface area (Å²) in [5, 5.41) is 39.5. The molecule has 1 amide bonds. The smallest absolute Gasteiger partial charge is 0.409 e. The largest absolute Gasteiger partial charge is 0.595 e. The first-order valence-electron chi connectivity index (χ1n) is 7.44. The topological polar surface area (TPSA) is 161 Å². The normalized spacial score (nSPS) is 15.5. The maximum Gasteiger partial charge on any atom is 0.409 e. The summed E-state index contributed by atoms with van der Waals surface area (Å²) in [6.45, 7) is 3.34. The number of aliphatic carboxylic acids is 2. The van der Waals surface area contributed by atoms with Crippen molar-refractivity contribution < 1.29 is 39.8 Å². The number of nitrogens with one attached hydrogen (secondary N) is 2. The molecule has 0 aromatic heterocycles. The minimum Gasteiger partial charge on any atom is -0.595 e. The van der Waals surface area contributed by atoms with Gasteiger partial charge in [-0.3, -0.25) is 0 Å². The van der Waals surface area contributed by atoms with Crippen LogP contribution in [0.5, 0.6) is 0 Å². The van der Waals surface area contributed by atoms with Gasteiger partial charge in [-0.05, 0) is 12.0 Å². The molecule has 1 rings (SSSR count). The van der Waals surface area contributed by atoms with Crippen LogP contribution in [0.25, 0.3) is 0 Å². The van der Waals surface area contributed by atoms with Gasteiger partial charge in [0.1, 0.15) is 6.04 Å². The van der Waals surface area contributed by atoms with Crippen molar-refractivity contribution in [3.8, 4) is 0 Å². The van der Waals surface area contributed by atoms with Gasteiger partial charge in [0.2, 0.25) is 6.10 Å². The van der Waals surface area contributed by atoms with Gasteiger partial charge >= 0.3 is 18.0 Å². The van der Waals surface area contributed by atoms with Crippen molar-refractivity contribution >= 4 is 23.7 Å². The molecule has 0 saturated carbocycles. The van der Waals surface area contributed by atoms with Gasteiger partial charge in [-0.1, -0.05) is 32.4 Å². The molecule has 2 unspecified atom stereocenters. The number of rotatable bonds is 8. The Labute approximate surface area is 143 Å². The van der Waals surface area contributed by atoms with Crippen LogP contribution in [0.2, 0.25) is 0 Å². The van der Waals surface area contributed by atoms with Crippen molar-refractivity contribution in [1.82, 2.24) is 5.32 Å². The zero-order valence-corrected chi connectivity index (χ0v) is 13.6. The van der Waals surface area contributed by atoms with Gasteiger partial charge in [0.15, 0.2) is 5.69 Å². The predicted molar refractivity (Wildman–Crippen MR) is 83.1 cm³/mol. The maximum absolute atomic E-state index is 11.9. The zero-order chi connectivity index (χ0) is 19.1. The van der Waals surface area contributed by atoms with E-state index in [9.17, 15) is 24.7 Å². The fourth-order valence-corrected chi connectivity index (χ4v) is 2.12. The van der Waals surface area contributed by atoms with Crippen molar-refractivity contribution in [2.24, 2.45) is 5.92 Å². The van der Waals surface area contributed by atoms with Crippen LogP contribution in [0.1, 0.15) is 31.9 Å². The molecule has 4 atom stereocenters. The summed E-state index contributed by atoms with van der Waals surface area (Å²) in [5.41, 5.74) is -0.563.